The second kappa shape index (κ2) is 8.94. The highest BCUT2D eigenvalue weighted by atomic mass is 16.6. The number of ether oxygens (including phenoxy) is 3. The van der Waals surface area contributed by atoms with E-state index in [0.717, 1.165) is 0 Å². The first kappa shape index (κ1) is 21.6. The Balaban J connectivity index is 1.51. The Labute approximate surface area is 197 Å². The highest BCUT2D eigenvalue weighted by Gasteiger charge is 2.40. The summed E-state index contributed by atoms with van der Waals surface area (Å²) < 4.78 is 16.9. The Hall–Kier alpha value is -4.26. The van der Waals surface area contributed by atoms with Crippen LogP contribution in [-0.2, 0) is 9.59 Å². The molecule has 0 fully saturated rings. The second-order valence-corrected chi connectivity index (χ2v) is 8.21. The van der Waals surface area contributed by atoms with Crippen molar-refractivity contribution >= 4 is 28.8 Å². The number of amides is 2. The summed E-state index contributed by atoms with van der Waals surface area (Å²) in [5.74, 6) is 1.08. The van der Waals surface area contributed by atoms with E-state index in [-0.39, 0.29) is 11.8 Å². The van der Waals surface area contributed by atoms with E-state index in [1.165, 1.54) is 4.90 Å². The van der Waals surface area contributed by atoms with Gasteiger partial charge in [0, 0.05) is 11.8 Å². The highest BCUT2D eigenvalue weighted by Crippen LogP contribution is 2.37. The summed E-state index contributed by atoms with van der Waals surface area (Å²) in [4.78, 5) is 28.3. The van der Waals surface area contributed by atoms with Gasteiger partial charge in [-0.25, -0.2) is 4.90 Å². The number of hydrogen-bond donors (Lipinski definition) is 1. The van der Waals surface area contributed by atoms with Crippen molar-refractivity contribution < 1.29 is 23.8 Å². The lowest BCUT2D eigenvalue weighted by Gasteiger charge is -2.19. The number of rotatable bonds is 6. The van der Waals surface area contributed by atoms with Crippen LogP contribution in [0.15, 0.2) is 78.5 Å². The van der Waals surface area contributed by atoms with Gasteiger partial charge in [-0.05, 0) is 55.8 Å². The molecular formula is C27H24N2O5. The minimum absolute atomic E-state index is 0.0223. The van der Waals surface area contributed by atoms with Crippen LogP contribution in [0.1, 0.15) is 19.4 Å². The lowest BCUT2D eigenvalue weighted by atomic mass is 10.0. The maximum absolute atomic E-state index is 13.6. The SMILES string of the molecule is CC(C)Oc1ccc(N2C(=O)C(Nc3ccc4c(c3)OCCO4)=C(c3ccccc3)C2=O)cc1. The van der Waals surface area contributed by atoms with Crippen molar-refractivity contribution in [2.24, 2.45) is 0 Å². The van der Waals surface area contributed by atoms with Crippen LogP contribution < -0.4 is 24.4 Å². The van der Waals surface area contributed by atoms with Gasteiger partial charge in [0.15, 0.2) is 11.5 Å². The Morgan fingerprint density at radius 3 is 2.26 bits per heavy atom. The van der Waals surface area contributed by atoms with Gasteiger partial charge in [0.25, 0.3) is 11.8 Å². The molecule has 0 spiro atoms. The number of fused-ring (bicyclic) bond motifs is 1. The molecule has 2 aliphatic heterocycles. The monoisotopic (exact) mass is 456 g/mol. The number of hydrogen-bond acceptors (Lipinski definition) is 6. The van der Waals surface area contributed by atoms with Crippen molar-refractivity contribution in [3.05, 3.63) is 84.1 Å². The van der Waals surface area contributed by atoms with Crippen LogP contribution in [0.2, 0.25) is 0 Å². The fraction of sp³-hybridized carbons (Fsp3) is 0.185. The van der Waals surface area contributed by atoms with Crippen LogP contribution in [-0.4, -0.2) is 31.1 Å². The third-order valence-electron chi connectivity index (χ3n) is 5.42. The lowest BCUT2D eigenvalue weighted by molar-refractivity contribution is -0.120. The second-order valence-electron chi connectivity index (χ2n) is 8.21. The summed E-state index contributed by atoms with van der Waals surface area (Å²) in [6, 6.07) is 21.4. The normalized spacial score (nSPS) is 15.2. The molecule has 3 aromatic rings. The average Bonchev–Trinajstić information content (AvgIpc) is 3.09. The maximum atomic E-state index is 13.6. The topological polar surface area (TPSA) is 77.1 Å². The highest BCUT2D eigenvalue weighted by molar-refractivity contribution is 6.46. The fourth-order valence-corrected chi connectivity index (χ4v) is 3.96. The Kier molecular flexibility index (Phi) is 5.67. The van der Waals surface area contributed by atoms with E-state index in [1.807, 2.05) is 44.2 Å². The third-order valence-corrected chi connectivity index (χ3v) is 5.42. The fourth-order valence-electron chi connectivity index (χ4n) is 3.96. The van der Waals surface area contributed by atoms with Gasteiger partial charge in [-0.15, -0.1) is 0 Å². The first-order valence-electron chi connectivity index (χ1n) is 11.1. The average molecular weight is 456 g/mol. The van der Waals surface area contributed by atoms with Gasteiger partial charge >= 0.3 is 0 Å². The first-order chi connectivity index (χ1) is 16.5. The van der Waals surface area contributed by atoms with Crippen LogP contribution in [0.5, 0.6) is 17.2 Å². The smallest absolute Gasteiger partial charge is 0.282 e. The predicted octanol–water partition coefficient (Wildman–Crippen LogP) is 4.64. The summed E-state index contributed by atoms with van der Waals surface area (Å²) in [5, 5.41) is 3.16. The molecular weight excluding hydrogens is 432 g/mol. The van der Waals surface area contributed by atoms with E-state index in [2.05, 4.69) is 5.32 Å². The zero-order valence-corrected chi connectivity index (χ0v) is 18.9. The molecule has 7 heteroatoms. The summed E-state index contributed by atoms with van der Waals surface area (Å²) in [6.07, 6.45) is 0.0223. The van der Waals surface area contributed by atoms with Gasteiger partial charge in [0.05, 0.1) is 17.4 Å². The van der Waals surface area contributed by atoms with E-state index in [4.69, 9.17) is 14.2 Å². The zero-order chi connectivity index (χ0) is 23.7. The summed E-state index contributed by atoms with van der Waals surface area (Å²) >= 11 is 0. The number of anilines is 2. The molecule has 0 saturated carbocycles. The number of imide groups is 1. The Morgan fingerprint density at radius 2 is 1.56 bits per heavy atom. The molecule has 3 aromatic carbocycles. The molecule has 0 atom stereocenters. The van der Waals surface area contributed by atoms with Crippen molar-refractivity contribution in [3.63, 3.8) is 0 Å². The van der Waals surface area contributed by atoms with Crippen molar-refractivity contribution in [2.75, 3.05) is 23.4 Å². The molecule has 0 aromatic heterocycles. The van der Waals surface area contributed by atoms with E-state index in [0.29, 0.717) is 53.0 Å². The van der Waals surface area contributed by atoms with Crippen molar-refractivity contribution in [1.29, 1.82) is 0 Å². The molecule has 0 radical (unpaired) electrons. The number of carbonyl (C=O) groups excluding carboxylic acids is 2. The van der Waals surface area contributed by atoms with Gasteiger partial charge in [0.2, 0.25) is 0 Å². The van der Waals surface area contributed by atoms with Crippen molar-refractivity contribution in [2.45, 2.75) is 20.0 Å². The molecule has 1 N–H and O–H groups in total. The predicted molar refractivity (Wildman–Crippen MR) is 129 cm³/mol. The number of benzene rings is 3. The van der Waals surface area contributed by atoms with Gasteiger partial charge < -0.3 is 19.5 Å². The standard InChI is InChI=1S/C27H24N2O5/c1-17(2)34-21-11-9-20(10-12-21)29-26(30)24(18-6-4-3-5-7-18)25(27(29)31)28-19-8-13-22-23(16-19)33-15-14-32-22/h3-13,16-17,28H,14-15H2,1-2H3. The van der Waals surface area contributed by atoms with Gasteiger partial charge in [-0.3, -0.25) is 9.59 Å². The number of nitrogens with one attached hydrogen (secondary N) is 1. The van der Waals surface area contributed by atoms with Crippen LogP contribution in [0, 0.1) is 0 Å². The molecule has 2 aliphatic rings. The van der Waals surface area contributed by atoms with E-state index >= 15 is 0 Å². The van der Waals surface area contributed by atoms with E-state index < -0.39 is 11.8 Å². The largest absolute Gasteiger partial charge is 0.491 e. The molecule has 34 heavy (non-hydrogen) atoms. The van der Waals surface area contributed by atoms with Crippen LogP contribution in [0.3, 0.4) is 0 Å². The van der Waals surface area contributed by atoms with E-state index in [9.17, 15) is 9.59 Å². The summed E-state index contributed by atoms with van der Waals surface area (Å²) in [7, 11) is 0. The molecule has 2 amide bonds. The van der Waals surface area contributed by atoms with Crippen LogP contribution >= 0.6 is 0 Å². The minimum Gasteiger partial charge on any atom is -0.491 e. The quantitative estimate of drug-likeness (QED) is 0.545. The molecule has 5 rings (SSSR count). The van der Waals surface area contributed by atoms with Gasteiger partial charge in [0.1, 0.15) is 24.7 Å². The van der Waals surface area contributed by atoms with E-state index in [1.54, 1.807) is 42.5 Å². The lowest BCUT2D eigenvalue weighted by Crippen LogP contribution is -2.32. The van der Waals surface area contributed by atoms with Gasteiger partial charge in [-0.2, -0.15) is 0 Å². The van der Waals surface area contributed by atoms with Crippen LogP contribution in [0.25, 0.3) is 5.57 Å². The first-order valence-corrected chi connectivity index (χ1v) is 11.1. The maximum Gasteiger partial charge on any atom is 0.282 e. The Bertz CT molecular complexity index is 1270. The molecule has 0 unspecified atom stereocenters. The summed E-state index contributed by atoms with van der Waals surface area (Å²) in [5.41, 5.74) is 2.26. The van der Waals surface area contributed by atoms with Gasteiger partial charge in [-0.1, -0.05) is 30.3 Å². The molecule has 2 heterocycles. The number of nitrogens with zero attached hydrogens (tertiary/aromatic N) is 1. The third kappa shape index (κ3) is 4.08. The Morgan fingerprint density at radius 1 is 0.853 bits per heavy atom. The number of carbonyl (C=O) groups is 2. The molecule has 0 aliphatic carbocycles. The van der Waals surface area contributed by atoms with Crippen LogP contribution in [0.4, 0.5) is 11.4 Å². The minimum atomic E-state index is -0.434. The zero-order valence-electron chi connectivity index (χ0n) is 18.9. The van der Waals surface area contributed by atoms with Crippen molar-refractivity contribution in [3.8, 4) is 17.2 Å². The molecule has 172 valence electrons. The summed E-state index contributed by atoms with van der Waals surface area (Å²) in [6.45, 7) is 4.82. The molecule has 7 nitrogen and oxygen atoms in total. The van der Waals surface area contributed by atoms with Crippen molar-refractivity contribution in [1.82, 2.24) is 0 Å². The molecule has 0 saturated heterocycles. The molecule has 0 bridgehead atoms.